The van der Waals surface area contributed by atoms with E-state index in [4.69, 9.17) is 11.6 Å². The minimum Gasteiger partial charge on any atom is -0.258 e. The Morgan fingerprint density at radius 2 is 1.94 bits per heavy atom. The fraction of sp³-hybridized carbons (Fsp3) is 0.571. The van der Waals surface area contributed by atoms with Gasteiger partial charge in [0.25, 0.3) is 5.69 Å². The number of nitro benzene ring substituents is 1. The van der Waals surface area contributed by atoms with Gasteiger partial charge in [-0.2, -0.15) is 0 Å². The van der Waals surface area contributed by atoms with Crippen LogP contribution in [0.1, 0.15) is 62.6 Å². The van der Waals surface area contributed by atoms with E-state index in [1.54, 1.807) is 6.07 Å². The number of alkyl halides is 1. The van der Waals surface area contributed by atoms with Gasteiger partial charge in [0.05, 0.1) is 10.8 Å². The van der Waals surface area contributed by atoms with Crippen LogP contribution in [0.4, 0.5) is 5.69 Å². The van der Waals surface area contributed by atoms with Crippen LogP contribution in [0.25, 0.3) is 0 Å². The fourth-order valence-corrected chi connectivity index (χ4v) is 2.34. The van der Waals surface area contributed by atoms with E-state index in [0.717, 1.165) is 17.5 Å². The van der Waals surface area contributed by atoms with Crippen molar-refractivity contribution in [2.75, 3.05) is 0 Å². The summed E-state index contributed by atoms with van der Waals surface area (Å²) in [5.41, 5.74) is 2.84. The van der Waals surface area contributed by atoms with E-state index in [2.05, 4.69) is 19.9 Å². The molecular weight excluding hydrogens is 250 g/mol. The first-order chi connectivity index (χ1) is 8.42. The van der Waals surface area contributed by atoms with Crippen LogP contribution < -0.4 is 0 Å². The zero-order chi connectivity index (χ0) is 13.9. The minimum absolute atomic E-state index is 0.159. The Labute approximate surface area is 113 Å². The molecule has 100 valence electrons. The van der Waals surface area contributed by atoms with Crippen LogP contribution in [0.5, 0.6) is 0 Å². The molecule has 0 fully saturated rings. The van der Waals surface area contributed by atoms with Crippen LogP contribution in [-0.2, 0) is 5.88 Å². The average Bonchev–Trinajstić information content (AvgIpc) is 2.35. The van der Waals surface area contributed by atoms with E-state index in [9.17, 15) is 10.1 Å². The van der Waals surface area contributed by atoms with Gasteiger partial charge in [0.2, 0.25) is 0 Å². The lowest BCUT2D eigenvalue weighted by molar-refractivity contribution is -0.385. The molecule has 1 aromatic carbocycles. The zero-order valence-corrected chi connectivity index (χ0v) is 12.1. The van der Waals surface area contributed by atoms with Crippen LogP contribution in [0, 0.1) is 10.1 Å². The van der Waals surface area contributed by atoms with Gasteiger partial charge in [0, 0.05) is 11.6 Å². The Balaban J connectivity index is 3.48. The Morgan fingerprint density at radius 3 is 2.33 bits per heavy atom. The van der Waals surface area contributed by atoms with Gasteiger partial charge in [-0.05, 0) is 29.4 Å². The third-order valence-electron chi connectivity index (χ3n) is 3.42. The zero-order valence-electron chi connectivity index (χ0n) is 11.4. The maximum absolute atomic E-state index is 11.2. The van der Waals surface area contributed by atoms with Crippen molar-refractivity contribution in [3.8, 4) is 0 Å². The number of hydrogen-bond acceptors (Lipinski definition) is 2. The third-order valence-corrected chi connectivity index (χ3v) is 3.68. The van der Waals surface area contributed by atoms with E-state index in [1.807, 2.05) is 13.8 Å². The van der Waals surface area contributed by atoms with E-state index >= 15 is 0 Å². The second kappa shape index (κ2) is 6.19. The van der Waals surface area contributed by atoms with Crippen molar-refractivity contribution in [3.63, 3.8) is 0 Å². The van der Waals surface area contributed by atoms with Crippen LogP contribution in [0.3, 0.4) is 0 Å². The summed E-state index contributed by atoms with van der Waals surface area (Å²) in [4.78, 5) is 10.8. The monoisotopic (exact) mass is 269 g/mol. The Hall–Kier alpha value is -1.09. The van der Waals surface area contributed by atoms with Crippen molar-refractivity contribution < 1.29 is 4.92 Å². The standard InChI is InChI=1S/C14H20ClNO2/c1-5-10(4)11-6-12(9(2)3)13(8-15)14(7-11)16(17)18/h6-7,9-10H,5,8H2,1-4H3. The van der Waals surface area contributed by atoms with Crippen molar-refractivity contribution in [1.29, 1.82) is 0 Å². The quantitative estimate of drug-likeness (QED) is 0.430. The highest BCUT2D eigenvalue weighted by molar-refractivity contribution is 6.17. The smallest absolute Gasteiger partial charge is 0.258 e. The molecule has 0 amide bonds. The van der Waals surface area contributed by atoms with Crippen LogP contribution in [-0.4, -0.2) is 4.92 Å². The van der Waals surface area contributed by atoms with E-state index in [-0.39, 0.29) is 22.4 Å². The molecule has 0 bridgehead atoms. The van der Waals surface area contributed by atoms with Gasteiger partial charge in [0.1, 0.15) is 0 Å². The molecule has 0 spiro atoms. The number of nitrogens with zero attached hydrogens (tertiary/aromatic N) is 1. The molecule has 0 aliphatic rings. The molecule has 0 saturated carbocycles. The van der Waals surface area contributed by atoms with Crippen molar-refractivity contribution in [1.82, 2.24) is 0 Å². The molecule has 3 nitrogen and oxygen atoms in total. The molecular formula is C14H20ClNO2. The largest absolute Gasteiger partial charge is 0.274 e. The Morgan fingerprint density at radius 1 is 1.33 bits per heavy atom. The van der Waals surface area contributed by atoms with Crippen LogP contribution >= 0.6 is 11.6 Å². The Kier molecular flexibility index (Phi) is 5.15. The summed E-state index contributed by atoms with van der Waals surface area (Å²) >= 11 is 5.89. The predicted octanol–water partition coefficient (Wildman–Crippen LogP) is 4.97. The Bertz CT molecular complexity index is 444. The van der Waals surface area contributed by atoms with Crippen molar-refractivity contribution in [2.24, 2.45) is 0 Å². The number of benzene rings is 1. The predicted molar refractivity (Wildman–Crippen MR) is 75.4 cm³/mol. The van der Waals surface area contributed by atoms with E-state index in [1.165, 1.54) is 0 Å². The van der Waals surface area contributed by atoms with Crippen LogP contribution in [0.2, 0.25) is 0 Å². The third kappa shape index (κ3) is 3.02. The summed E-state index contributed by atoms with van der Waals surface area (Å²) in [7, 11) is 0. The van der Waals surface area contributed by atoms with E-state index < -0.39 is 0 Å². The fourth-order valence-electron chi connectivity index (χ4n) is 2.05. The van der Waals surface area contributed by atoms with Crippen molar-refractivity contribution in [2.45, 2.75) is 51.8 Å². The number of nitro groups is 1. The summed E-state index contributed by atoms with van der Waals surface area (Å²) in [6.45, 7) is 8.25. The second-order valence-electron chi connectivity index (χ2n) is 4.96. The highest BCUT2D eigenvalue weighted by Gasteiger charge is 2.21. The highest BCUT2D eigenvalue weighted by Crippen LogP contribution is 2.34. The average molecular weight is 270 g/mol. The molecule has 4 heteroatoms. The first kappa shape index (κ1) is 15.0. The molecule has 0 N–H and O–H groups in total. The number of rotatable bonds is 5. The molecule has 0 radical (unpaired) electrons. The van der Waals surface area contributed by atoms with Crippen LogP contribution in [0.15, 0.2) is 12.1 Å². The second-order valence-corrected chi connectivity index (χ2v) is 5.23. The summed E-state index contributed by atoms with van der Waals surface area (Å²) in [6, 6.07) is 3.75. The molecule has 0 aliphatic heterocycles. The van der Waals surface area contributed by atoms with Crippen molar-refractivity contribution >= 4 is 17.3 Å². The number of halogens is 1. The lowest BCUT2D eigenvalue weighted by Gasteiger charge is -2.16. The summed E-state index contributed by atoms with van der Waals surface area (Å²) in [6.07, 6.45) is 0.967. The maximum Gasteiger partial charge on any atom is 0.274 e. The SMILES string of the molecule is CCC(C)c1cc(C(C)C)c(CCl)c([N+](=O)[O-])c1. The molecule has 0 aromatic heterocycles. The van der Waals surface area contributed by atoms with Gasteiger partial charge in [0.15, 0.2) is 0 Å². The maximum atomic E-state index is 11.2. The normalized spacial score (nSPS) is 12.8. The van der Waals surface area contributed by atoms with Crippen molar-refractivity contribution in [3.05, 3.63) is 38.9 Å². The molecule has 0 saturated heterocycles. The molecule has 0 heterocycles. The summed E-state index contributed by atoms with van der Waals surface area (Å²) in [5, 5.41) is 11.2. The highest BCUT2D eigenvalue weighted by atomic mass is 35.5. The molecule has 0 aliphatic carbocycles. The lowest BCUT2D eigenvalue weighted by Crippen LogP contribution is -2.04. The van der Waals surface area contributed by atoms with Gasteiger partial charge in [-0.3, -0.25) is 10.1 Å². The lowest BCUT2D eigenvalue weighted by atomic mass is 9.89. The topological polar surface area (TPSA) is 43.1 Å². The first-order valence-electron chi connectivity index (χ1n) is 6.29. The van der Waals surface area contributed by atoms with E-state index in [0.29, 0.717) is 11.5 Å². The van der Waals surface area contributed by atoms with Gasteiger partial charge >= 0.3 is 0 Å². The van der Waals surface area contributed by atoms with Gasteiger partial charge < -0.3 is 0 Å². The van der Waals surface area contributed by atoms with Gasteiger partial charge in [-0.1, -0.05) is 33.8 Å². The number of hydrogen-bond donors (Lipinski definition) is 0. The first-order valence-corrected chi connectivity index (χ1v) is 6.82. The van der Waals surface area contributed by atoms with Gasteiger partial charge in [-0.15, -0.1) is 11.6 Å². The molecule has 18 heavy (non-hydrogen) atoms. The molecule has 1 unspecified atom stereocenters. The summed E-state index contributed by atoms with van der Waals surface area (Å²) < 4.78 is 0. The minimum atomic E-state index is -0.324. The summed E-state index contributed by atoms with van der Waals surface area (Å²) in [5.74, 6) is 0.747. The molecule has 1 rings (SSSR count). The van der Waals surface area contributed by atoms with Gasteiger partial charge in [-0.25, -0.2) is 0 Å². The molecule has 1 aromatic rings. The molecule has 1 atom stereocenters.